The zero-order valence-corrected chi connectivity index (χ0v) is 18.8. The summed E-state index contributed by atoms with van der Waals surface area (Å²) >= 11 is 6.12. The number of rotatable bonds is 7. The summed E-state index contributed by atoms with van der Waals surface area (Å²) in [6.07, 6.45) is 0. The SMILES string of the molecule is COCCN1C(=O)C(=O)/C(=C(/O)c2cc(Cl)ccc2OC)C1c1ccc(C(C)C)cc1. The largest absolute Gasteiger partial charge is 0.507 e. The van der Waals surface area contributed by atoms with Gasteiger partial charge in [0.15, 0.2) is 0 Å². The third-order valence-electron chi connectivity index (χ3n) is 5.41. The molecule has 31 heavy (non-hydrogen) atoms. The summed E-state index contributed by atoms with van der Waals surface area (Å²) in [5.41, 5.74) is 2.11. The summed E-state index contributed by atoms with van der Waals surface area (Å²) in [4.78, 5) is 27.3. The zero-order chi connectivity index (χ0) is 22.7. The molecule has 164 valence electrons. The zero-order valence-electron chi connectivity index (χ0n) is 18.0. The Bertz CT molecular complexity index is 1010. The lowest BCUT2D eigenvalue weighted by Gasteiger charge is -2.25. The molecular weight excluding hydrogens is 418 g/mol. The average molecular weight is 444 g/mol. The van der Waals surface area contributed by atoms with Crippen molar-refractivity contribution < 1.29 is 24.2 Å². The van der Waals surface area contributed by atoms with Crippen molar-refractivity contribution in [1.29, 1.82) is 0 Å². The Hall–Kier alpha value is -2.83. The lowest BCUT2D eigenvalue weighted by Crippen LogP contribution is -2.32. The van der Waals surface area contributed by atoms with Crippen LogP contribution in [0.2, 0.25) is 5.02 Å². The first-order valence-electron chi connectivity index (χ1n) is 10.0. The number of carbonyl (C=O) groups excluding carboxylic acids is 2. The molecular formula is C24H26ClNO5. The van der Waals surface area contributed by atoms with E-state index in [1.807, 2.05) is 24.3 Å². The predicted octanol–water partition coefficient (Wildman–Crippen LogP) is 4.54. The molecule has 1 saturated heterocycles. The number of ether oxygens (including phenoxy) is 2. The van der Waals surface area contributed by atoms with Crippen molar-refractivity contribution in [1.82, 2.24) is 4.90 Å². The average Bonchev–Trinajstić information content (AvgIpc) is 3.01. The highest BCUT2D eigenvalue weighted by molar-refractivity contribution is 6.46. The van der Waals surface area contributed by atoms with E-state index in [9.17, 15) is 14.7 Å². The molecule has 1 fully saturated rings. The van der Waals surface area contributed by atoms with E-state index in [1.54, 1.807) is 12.1 Å². The van der Waals surface area contributed by atoms with Crippen molar-refractivity contribution in [2.24, 2.45) is 0 Å². The van der Waals surface area contributed by atoms with Gasteiger partial charge in [-0.3, -0.25) is 9.59 Å². The number of carbonyl (C=O) groups is 2. The van der Waals surface area contributed by atoms with E-state index < -0.39 is 17.7 Å². The minimum Gasteiger partial charge on any atom is -0.507 e. The molecule has 1 amide bonds. The van der Waals surface area contributed by atoms with E-state index in [0.717, 1.165) is 11.1 Å². The monoisotopic (exact) mass is 443 g/mol. The molecule has 0 saturated carbocycles. The molecule has 1 unspecified atom stereocenters. The van der Waals surface area contributed by atoms with Gasteiger partial charge < -0.3 is 19.5 Å². The Balaban J connectivity index is 2.20. The number of likely N-dealkylation sites (tertiary alicyclic amines) is 1. The number of benzene rings is 2. The van der Waals surface area contributed by atoms with Crippen LogP contribution in [-0.4, -0.2) is 49.1 Å². The van der Waals surface area contributed by atoms with Gasteiger partial charge in [-0.05, 0) is 35.2 Å². The minimum absolute atomic E-state index is 0.000957. The van der Waals surface area contributed by atoms with Gasteiger partial charge in [0.25, 0.3) is 11.7 Å². The Morgan fingerprint density at radius 1 is 1.13 bits per heavy atom. The molecule has 0 aliphatic carbocycles. The van der Waals surface area contributed by atoms with E-state index in [1.165, 1.54) is 25.2 Å². The number of methoxy groups -OCH3 is 2. The number of hydrogen-bond donors (Lipinski definition) is 1. The number of hydrogen-bond acceptors (Lipinski definition) is 5. The topological polar surface area (TPSA) is 76.1 Å². The summed E-state index contributed by atoms with van der Waals surface area (Å²) in [7, 11) is 2.99. The van der Waals surface area contributed by atoms with E-state index in [-0.39, 0.29) is 30.0 Å². The summed E-state index contributed by atoms with van der Waals surface area (Å²) in [6.45, 7) is 4.64. The fraction of sp³-hybridized carbons (Fsp3) is 0.333. The molecule has 6 nitrogen and oxygen atoms in total. The van der Waals surface area contributed by atoms with Gasteiger partial charge in [-0.1, -0.05) is 49.7 Å². The van der Waals surface area contributed by atoms with Crippen LogP contribution in [0.15, 0.2) is 48.0 Å². The van der Waals surface area contributed by atoms with Gasteiger partial charge in [0, 0.05) is 18.7 Å². The molecule has 0 bridgehead atoms. The lowest BCUT2D eigenvalue weighted by atomic mass is 9.93. The van der Waals surface area contributed by atoms with Crippen LogP contribution in [-0.2, 0) is 14.3 Å². The van der Waals surface area contributed by atoms with Gasteiger partial charge in [-0.2, -0.15) is 0 Å². The normalized spacial score (nSPS) is 18.1. The Morgan fingerprint density at radius 3 is 2.39 bits per heavy atom. The predicted molar refractivity (Wildman–Crippen MR) is 119 cm³/mol. The van der Waals surface area contributed by atoms with Gasteiger partial charge in [0.2, 0.25) is 0 Å². The number of amides is 1. The van der Waals surface area contributed by atoms with E-state index in [2.05, 4.69) is 13.8 Å². The van der Waals surface area contributed by atoms with Crippen molar-refractivity contribution in [3.05, 3.63) is 69.8 Å². The number of Topliss-reactive ketones (excluding diaryl/α,β-unsaturated/α-hetero) is 1. The highest BCUT2D eigenvalue weighted by Gasteiger charge is 2.46. The van der Waals surface area contributed by atoms with Crippen LogP contribution in [0.3, 0.4) is 0 Å². The van der Waals surface area contributed by atoms with Crippen LogP contribution in [0.1, 0.15) is 42.5 Å². The molecule has 0 aromatic heterocycles. The molecule has 0 spiro atoms. The third kappa shape index (κ3) is 4.45. The first-order chi connectivity index (χ1) is 14.8. The fourth-order valence-corrected chi connectivity index (χ4v) is 3.89. The van der Waals surface area contributed by atoms with Crippen LogP contribution >= 0.6 is 11.6 Å². The maximum absolute atomic E-state index is 13.0. The molecule has 7 heteroatoms. The second-order valence-electron chi connectivity index (χ2n) is 7.65. The summed E-state index contributed by atoms with van der Waals surface area (Å²) in [5, 5.41) is 11.5. The van der Waals surface area contributed by atoms with Crippen LogP contribution < -0.4 is 4.74 Å². The number of nitrogens with zero attached hydrogens (tertiary/aromatic N) is 1. The van der Waals surface area contributed by atoms with Crippen LogP contribution in [0.5, 0.6) is 5.75 Å². The van der Waals surface area contributed by atoms with Gasteiger partial charge in [0.05, 0.1) is 30.9 Å². The number of aliphatic hydroxyl groups is 1. The van der Waals surface area contributed by atoms with Crippen LogP contribution in [0, 0.1) is 0 Å². The second-order valence-corrected chi connectivity index (χ2v) is 8.09. The van der Waals surface area contributed by atoms with Crippen molar-refractivity contribution >= 4 is 29.1 Å². The molecule has 3 rings (SSSR count). The maximum Gasteiger partial charge on any atom is 0.295 e. The molecule has 1 heterocycles. The molecule has 1 N–H and O–H groups in total. The van der Waals surface area contributed by atoms with E-state index >= 15 is 0 Å². The van der Waals surface area contributed by atoms with Crippen molar-refractivity contribution in [2.75, 3.05) is 27.4 Å². The van der Waals surface area contributed by atoms with Crippen molar-refractivity contribution in [3.63, 3.8) is 0 Å². The van der Waals surface area contributed by atoms with E-state index in [4.69, 9.17) is 21.1 Å². The minimum atomic E-state index is -0.756. The molecule has 1 aliphatic rings. The second kappa shape index (κ2) is 9.54. The van der Waals surface area contributed by atoms with Crippen molar-refractivity contribution in [2.45, 2.75) is 25.8 Å². The quantitative estimate of drug-likeness (QED) is 0.386. The standard InChI is InChI=1S/C24H26ClNO5/c1-14(2)15-5-7-16(8-6-15)21-20(23(28)24(29)26(21)11-12-30-3)22(27)18-13-17(25)9-10-19(18)31-4/h5-10,13-14,21,27H,11-12H2,1-4H3/b22-20+. The third-order valence-corrected chi connectivity index (χ3v) is 5.65. The Morgan fingerprint density at radius 2 is 1.81 bits per heavy atom. The van der Waals surface area contributed by atoms with Crippen LogP contribution in [0.25, 0.3) is 5.76 Å². The number of halogens is 1. The van der Waals surface area contributed by atoms with E-state index in [0.29, 0.717) is 16.7 Å². The summed E-state index contributed by atoms with van der Waals surface area (Å²) in [6, 6.07) is 11.7. The molecule has 2 aromatic carbocycles. The van der Waals surface area contributed by atoms with Gasteiger partial charge in [-0.25, -0.2) is 0 Å². The van der Waals surface area contributed by atoms with Crippen LogP contribution in [0.4, 0.5) is 0 Å². The molecule has 0 radical (unpaired) electrons. The molecule has 1 aliphatic heterocycles. The lowest BCUT2D eigenvalue weighted by molar-refractivity contribution is -0.140. The molecule has 2 aromatic rings. The maximum atomic E-state index is 13.0. The summed E-state index contributed by atoms with van der Waals surface area (Å²) < 4.78 is 10.5. The van der Waals surface area contributed by atoms with Crippen molar-refractivity contribution in [3.8, 4) is 5.75 Å². The smallest absolute Gasteiger partial charge is 0.295 e. The Kier molecular flexibility index (Phi) is 7.03. The van der Waals surface area contributed by atoms with Gasteiger partial charge in [-0.15, -0.1) is 0 Å². The number of aliphatic hydroxyl groups excluding tert-OH is 1. The first-order valence-corrected chi connectivity index (χ1v) is 10.4. The van der Waals surface area contributed by atoms with Gasteiger partial charge >= 0.3 is 0 Å². The van der Waals surface area contributed by atoms with Gasteiger partial charge in [0.1, 0.15) is 11.5 Å². The first kappa shape index (κ1) is 22.8. The number of ketones is 1. The highest BCUT2D eigenvalue weighted by Crippen LogP contribution is 2.41. The Labute approximate surface area is 187 Å². The summed E-state index contributed by atoms with van der Waals surface area (Å²) in [5.74, 6) is -1.08. The molecule has 1 atom stereocenters. The fourth-order valence-electron chi connectivity index (χ4n) is 3.72. The highest BCUT2D eigenvalue weighted by atomic mass is 35.5.